The SMILES string of the molecule is CCCOc1ccc(C(=O)CCC(=O)O[C@@H](C)C(=O)NC(=O)NC(C)C)cc1. The highest BCUT2D eigenvalue weighted by Gasteiger charge is 2.20. The fraction of sp³-hybridized carbons (Fsp3) is 0.500. The number of ether oxygens (including phenoxy) is 2. The summed E-state index contributed by atoms with van der Waals surface area (Å²) >= 11 is 0. The van der Waals surface area contributed by atoms with E-state index in [4.69, 9.17) is 9.47 Å². The Morgan fingerprint density at radius 1 is 1.00 bits per heavy atom. The molecular formula is C20H28N2O6. The van der Waals surface area contributed by atoms with Gasteiger partial charge in [0.25, 0.3) is 5.91 Å². The number of ketones is 1. The number of amides is 3. The van der Waals surface area contributed by atoms with Crippen LogP contribution in [0.25, 0.3) is 0 Å². The number of hydrogen-bond donors (Lipinski definition) is 2. The van der Waals surface area contributed by atoms with Gasteiger partial charge in [0, 0.05) is 18.0 Å². The molecule has 8 nitrogen and oxygen atoms in total. The van der Waals surface area contributed by atoms with Crippen molar-refractivity contribution < 1.29 is 28.7 Å². The van der Waals surface area contributed by atoms with Crippen LogP contribution in [0.1, 0.15) is 57.3 Å². The first-order valence-corrected chi connectivity index (χ1v) is 9.29. The van der Waals surface area contributed by atoms with E-state index in [1.54, 1.807) is 38.1 Å². The molecule has 1 aromatic carbocycles. The van der Waals surface area contributed by atoms with Crippen molar-refractivity contribution in [3.8, 4) is 5.75 Å². The molecule has 0 aliphatic heterocycles. The largest absolute Gasteiger partial charge is 0.494 e. The molecule has 1 rings (SSSR count). The van der Waals surface area contributed by atoms with Crippen molar-refractivity contribution in [2.24, 2.45) is 0 Å². The van der Waals surface area contributed by atoms with E-state index in [0.717, 1.165) is 6.42 Å². The summed E-state index contributed by atoms with van der Waals surface area (Å²) in [5.41, 5.74) is 0.466. The van der Waals surface area contributed by atoms with Gasteiger partial charge in [-0.1, -0.05) is 6.92 Å². The number of nitrogens with one attached hydrogen (secondary N) is 2. The van der Waals surface area contributed by atoms with E-state index in [-0.39, 0.29) is 24.7 Å². The number of urea groups is 1. The standard InChI is InChI=1S/C20H28N2O6/c1-5-12-27-16-8-6-15(7-9-16)17(23)10-11-18(24)28-14(4)19(25)22-20(26)21-13(2)3/h6-9,13-14H,5,10-12H2,1-4H3,(H2,21,22,25,26)/t14-/m0/s1. The molecule has 1 aromatic rings. The molecule has 28 heavy (non-hydrogen) atoms. The second kappa shape index (κ2) is 11.7. The summed E-state index contributed by atoms with van der Waals surface area (Å²) in [5.74, 6) is -0.963. The highest BCUT2D eigenvalue weighted by atomic mass is 16.5. The van der Waals surface area contributed by atoms with Gasteiger partial charge in [0.1, 0.15) is 5.75 Å². The Hall–Kier alpha value is -2.90. The minimum absolute atomic E-state index is 0.0455. The Kier molecular flexibility index (Phi) is 9.70. The second-order valence-electron chi connectivity index (χ2n) is 6.55. The van der Waals surface area contributed by atoms with Crippen molar-refractivity contribution in [3.63, 3.8) is 0 Å². The molecule has 0 heterocycles. The van der Waals surface area contributed by atoms with Gasteiger partial charge in [-0.05, 0) is 51.5 Å². The molecular weight excluding hydrogens is 364 g/mol. The molecule has 0 saturated heterocycles. The van der Waals surface area contributed by atoms with Crippen molar-refractivity contribution in [1.82, 2.24) is 10.6 Å². The van der Waals surface area contributed by atoms with E-state index in [1.165, 1.54) is 6.92 Å². The summed E-state index contributed by atoms with van der Waals surface area (Å²) in [6, 6.07) is 5.89. The normalized spacial score (nSPS) is 11.5. The lowest BCUT2D eigenvalue weighted by Crippen LogP contribution is -2.46. The minimum atomic E-state index is -1.14. The van der Waals surface area contributed by atoms with Crippen LogP contribution in [0.3, 0.4) is 0 Å². The lowest BCUT2D eigenvalue weighted by molar-refractivity contribution is -0.154. The van der Waals surface area contributed by atoms with Gasteiger partial charge in [0.05, 0.1) is 13.0 Å². The van der Waals surface area contributed by atoms with E-state index in [1.807, 2.05) is 6.92 Å². The van der Waals surface area contributed by atoms with Crippen molar-refractivity contribution in [2.75, 3.05) is 6.61 Å². The number of rotatable bonds is 10. The molecule has 0 radical (unpaired) electrons. The topological polar surface area (TPSA) is 111 Å². The average Bonchev–Trinajstić information content (AvgIpc) is 2.64. The molecule has 3 amide bonds. The highest BCUT2D eigenvalue weighted by Crippen LogP contribution is 2.14. The molecule has 0 spiro atoms. The highest BCUT2D eigenvalue weighted by molar-refractivity contribution is 5.98. The van der Waals surface area contributed by atoms with Crippen LogP contribution in [-0.4, -0.2) is 42.4 Å². The predicted octanol–water partition coefficient (Wildman–Crippen LogP) is 2.60. The van der Waals surface area contributed by atoms with E-state index in [0.29, 0.717) is 17.9 Å². The molecule has 0 aliphatic rings. The first kappa shape index (κ1) is 23.1. The van der Waals surface area contributed by atoms with E-state index in [9.17, 15) is 19.2 Å². The minimum Gasteiger partial charge on any atom is -0.494 e. The van der Waals surface area contributed by atoms with Crippen LogP contribution in [-0.2, 0) is 14.3 Å². The molecule has 2 N–H and O–H groups in total. The zero-order valence-electron chi connectivity index (χ0n) is 16.7. The first-order chi connectivity index (χ1) is 13.2. The van der Waals surface area contributed by atoms with Gasteiger partial charge in [-0.15, -0.1) is 0 Å². The number of esters is 1. The second-order valence-corrected chi connectivity index (χ2v) is 6.55. The Labute approximate surface area is 165 Å². The van der Waals surface area contributed by atoms with Crippen LogP contribution in [0.2, 0.25) is 0 Å². The molecule has 0 fully saturated rings. The maximum atomic E-state index is 12.2. The van der Waals surface area contributed by atoms with Crippen LogP contribution in [0.4, 0.5) is 4.79 Å². The molecule has 8 heteroatoms. The molecule has 0 unspecified atom stereocenters. The van der Waals surface area contributed by atoms with Crippen LogP contribution in [0, 0.1) is 0 Å². The maximum Gasteiger partial charge on any atom is 0.321 e. The quantitative estimate of drug-likeness (QED) is 0.468. The number of benzene rings is 1. The predicted molar refractivity (Wildman–Crippen MR) is 103 cm³/mol. The Balaban J connectivity index is 2.41. The lowest BCUT2D eigenvalue weighted by atomic mass is 10.1. The van der Waals surface area contributed by atoms with Gasteiger partial charge < -0.3 is 14.8 Å². The zero-order chi connectivity index (χ0) is 21.1. The summed E-state index contributed by atoms with van der Waals surface area (Å²) in [7, 11) is 0. The Morgan fingerprint density at radius 3 is 2.21 bits per heavy atom. The summed E-state index contributed by atoms with van der Waals surface area (Å²) < 4.78 is 10.4. The number of carbonyl (C=O) groups excluding carboxylic acids is 4. The van der Waals surface area contributed by atoms with E-state index in [2.05, 4.69) is 10.6 Å². The third-order valence-corrected chi connectivity index (χ3v) is 3.54. The van der Waals surface area contributed by atoms with Gasteiger partial charge in [-0.3, -0.25) is 19.7 Å². The fourth-order valence-electron chi connectivity index (χ4n) is 2.14. The van der Waals surface area contributed by atoms with Crippen molar-refractivity contribution in [3.05, 3.63) is 29.8 Å². The molecule has 0 bridgehead atoms. The Morgan fingerprint density at radius 2 is 1.64 bits per heavy atom. The van der Waals surface area contributed by atoms with Crippen LogP contribution >= 0.6 is 0 Å². The van der Waals surface area contributed by atoms with Gasteiger partial charge in [0.2, 0.25) is 0 Å². The summed E-state index contributed by atoms with van der Waals surface area (Å²) in [4.78, 5) is 47.3. The molecule has 0 aromatic heterocycles. The van der Waals surface area contributed by atoms with Crippen molar-refractivity contribution >= 4 is 23.7 Å². The number of carbonyl (C=O) groups is 4. The summed E-state index contributed by atoms with van der Waals surface area (Å²) in [6.07, 6.45) is -0.462. The molecule has 1 atom stereocenters. The van der Waals surface area contributed by atoms with Gasteiger partial charge in [-0.25, -0.2) is 4.79 Å². The first-order valence-electron chi connectivity index (χ1n) is 9.29. The average molecular weight is 392 g/mol. The van der Waals surface area contributed by atoms with Crippen LogP contribution in [0.15, 0.2) is 24.3 Å². The van der Waals surface area contributed by atoms with Gasteiger partial charge in [0.15, 0.2) is 11.9 Å². The monoisotopic (exact) mass is 392 g/mol. The smallest absolute Gasteiger partial charge is 0.321 e. The van der Waals surface area contributed by atoms with Crippen LogP contribution < -0.4 is 15.4 Å². The van der Waals surface area contributed by atoms with Crippen molar-refractivity contribution in [2.45, 2.75) is 59.1 Å². The van der Waals surface area contributed by atoms with Crippen LogP contribution in [0.5, 0.6) is 5.75 Å². The van der Waals surface area contributed by atoms with Gasteiger partial charge >= 0.3 is 12.0 Å². The van der Waals surface area contributed by atoms with Gasteiger partial charge in [-0.2, -0.15) is 0 Å². The summed E-state index contributed by atoms with van der Waals surface area (Å²) in [5, 5.41) is 4.57. The number of imide groups is 1. The molecule has 0 aliphatic carbocycles. The Bertz CT molecular complexity index is 684. The summed E-state index contributed by atoms with van der Waals surface area (Å²) in [6.45, 7) is 7.45. The fourth-order valence-corrected chi connectivity index (χ4v) is 2.14. The lowest BCUT2D eigenvalue weighted by Gasteiger charge is -2.14. The number of Topliss-reactive ketones (excluding diaryl/α,β-unsaturated/α-hetero) is 1. The zero-order valence-corrected chi connectivity index (χ0v) is 16.7. The third-order valence-electron chi connectivity index (χ3n) is 3.54. The van der Waals surface area contributed by atoms with E-state index < -0.39 is 24.0 Å². The number of hydrogen-bond acceptors (Lipinski definition) is 6. The van der Waals surface area contributed by atoms with Crippen molar-refractivity contribution in [1.29, 1.82) is 0 Å². The third kappa shape index (κ3) is 8.66. The molecule has 0 saturated carbocycles. The van der Waals surface area contributed by atoms with E-state index >= 15 is 0 Å². The maximum absolute atomic E-state index is 12.2. The molecule has 154 valence electrons.